The lowest BCUT2D eigenvalue weighted by molar-refractivity contribution is 0.0544. The molecule has 0 spiro atoms. The third-order valence-corrected chi connectivity index (χ3v) is 4.51. The molecule has 0 heterocycles. The highest BCUT2D eigenvalue weighted by Gasteiger charge is 2.66. The van der Waals surface area contributed by atoms with Crippen LogP contribution in [0.25, 0.3) is 0 Å². The smallest absolute Gasteiger partial charge is 0.0626 e. The van der Waals surface area contributed by atoms with Crippen molar-refractivity contribution in [3.05, 3.63) is 0 Å². The largest absolute Gasteiger partial charge is 0.377 e. The molecule has 0 aromatic rings. The van der Waals surface area contributed by atoms with Gasteiger partial charge in [0.25, 0.3) is 0 Å². The van der Waals surface area contributed by atoms with E-state index >= 15 is 0 Å². The lowest BCUT2D eigenvalue weighted by Gasteiger charge is -2.20. The maximum atomic E-state index is 5.72. The van der Waals surface area contributed by atoms with Crippen LogP contribution in [0, 0.1) is 16.7 Å². The van der Waals surface area contributed by atoms with Crippen molar-refractivity contribution in [3.8, 4) is 0 Å². The first-order valence-corrected chi connectivity index (χ1v) is 6.04. The topological polar surface area (TPSA) is 21.3 Å². The summed E-state index contributed by atoms with van der Waals surface area (Å²) >= 11 is 0. The molecule has 0 aliphatic heterocycles. The van der Waals surface area contributed by atoms with Gasteiger partial charge in [-0.05, 0) is 37.6 Å². The van der Waals surface area contributed by atoms with Crippen molar-refractivity contribution in [1.82, 2.24) is 5.32 Å². The van der Waals surface area contributed by atoms with Gasteiger partial charge in [0, 0.05) is 6.04 Å². The zero-order chi connectivity index (χ0) is 11.9. The van der Waals surface area contributed by atoms with Crippen molar-refractivity contribution >= 4 is 0 Å². The molecule has 2 heteroatoms. The van der Waals surface area contributed by atoms with E-state index in [-0.39, 0.29) is 0 Å². The minimum atomic E-state index is 0.325. The van der Waals surface area contributed by atoms with E-state index in [1.807, 2.05) is 7.05 Å². The minimum absolute atomic E-state index is 0.325. The molecule has 15 heavy (non-hydrogen) atoms. The molecular formula is C13H27NO. The van der Waals surface area contributed by atoms with Crippen molar-refractivity contribution in [3.63, 3.8) is 0 Å². The lowest BCUT2D eigenvalue weighted by Crippen LogP contribution is -2.35. The Kier molecular flexibility index (Phi) is 3.52. The number of hydrogen-bond donors (Lipinski definition) is 1. The van der Waals surface area contributed by atoms with E-state index < -0.39 is 0 Å². The monoisotopic (exact) mass is 213 g/mol. The first kappa shape index (κ1) is 13.0. The predicted octanol–water partition coefficient (Wildman–Crippen LogP) is 2.68. The van der Waals surface area contributed by atoms with Crippen LogP contribution >= 0.6 is 0 Å². The van der Waals surface area contributed by atoms with Crippen molar-refractivity contribution < 1.29 is 4.74 Å². The third kappa shape index (κ3) is 2.21. The number of nitrogens with one attached hydrogen (secondary N) is 1. The van der Waals surface area contributed by atoms with Crippen LogP contribution < -0.4 is 5.32 Å². The Morgan fingerprint density at radius 2 is 1.60 bits per heavy atom. The Hall–Kier alpha value is -0.0800. The van der Waals surface area contributed by atoms with E-state index in [4.69, 9.17) is 4.74 Å². The summed E-state index contributed by atoms with van der Waals surface area (Å²) in [6, 6.07) is 0.484. The summed E-state index contributed by atoms with van der Waals surface area (Å²) in [5.74, 6) is 0.716. The molecule has 0 bridgehead atoms. The highest BCUT2D eigenvalue weighted by atomic mass is 16.5. The molecule has 0 radical (unpaired) electrons. The molecule has 1 atom stereocenters. The van der Waals surface area contributed by atoms with Gasteiger partial charge in [0.1, 0.15) is 0 Å². The quantitative estimate of drug-likeness (QED) is 0.758. The number of hydrogen-bond acceptors (Lipinski definition) is 2. The third-order valence-electron chi connectivity index (χ3n) is 4.51. The van der Waals surface area contributed by atoms with E-state index in [0.717, 1.165) is 6.61 Å². The Labute approximate surface area is 94.8 Å². The maximum Gasteiger partial charge on any atom is 0.0626 e. The standard InChI is InChI=1S/C13H27NO/c1-9(2)15-8-10(14-7)11-12(3,4)13(11,5)6/h9-11,14H,8H2,1-7H3. The number of likely N-dealkylation sites (N-methyl/N-ethyl adjacent to an activating group) is 1. The average molecular weight is 213 g/mol. The molecular weight excluding hydrogens is 186 g/mol. The first-order chi connectivity index (χ1) is 6.75. The summed E-state index contributed by atoms with van der Waals surface area (Å²) in [7, 11) is 2.04. The van der Waals surface area contributed by atoms with Gasteiger partial charge < -0.3 is 10.1 Å². The molecule has 0 aromatic heterocycles. The molecule has 0 aromatic carbocycles. The minimum Gasteiger partial charge on any atom is -0.377 e. The van der Waals surface area contributed by atoms with Gasteiger partial charge in [-0.2, -0.15) is 0 Å². The summed E-state index contributed by atoms with van der Waals surface area (Å²) in [6.07, 6.45) is 0.325. The van der Waals surface area contributed by atoms with Crippen LogP contribution in [0.5, 0.6) is 0 Å². The fraction of sp³-hybridized carbons (Fsp3) is 1.00. The Bertz CT molecular complexity index is 207. The molecule has 1 rings (SSSR count). The Balaban J connectivity index is 2.55. The summed E-state index contributed by atoms with van der Waals surface area (Å²) in [5, 5.41) is 3.41. The van der Waals surface area contributed by atoms with Gasteiger partial charge in [0.2, 0.25) is 0 Å². The summed E-state index contributed by atoms with van der Waals surface area (Å²) in [5.41, 5.74) is 0.863. The van der Waals surface area contributed by atoms with Crippen LogP contribution in [-0.4, -0.2) is 25.8 Å². The highest BCUT2D eigenvalue weighted by Crippen LogP contribution is 2.69. The summed E-state index contributed by atoms with van der Waals surface area (Å²) in [6.45, 7) is 14.4. The predicted molar refractivity (Wildman–Crippen MR) is 65.0 cm³/mol. The average Bonchev–Trinajstić information content (AvgIpc) is 2.48. The zero-order valence-corrected chi connectivity index (χ0v) is 11.3. The second-order valence-electron chi connectivity index (χ2n) is 6.20. The van der Waals surface area contributed by atoms with Gasteiger partial charge in [-0.15, -0.1) is 0 Å². The summed E-state index contributed by atoms with van der Waals surface area (Å²) in [4.78, 5) is 0. The second kappa shape index (κ2) is 4.06. The lowest BCUT2D eigenvalue weighted by atomic mass is 10.0. The van der Waals surface area contributed by atoms with Gasteiger partial charge in [-0.25, -0.2) is 0 Å². The fourth-order valence-electron chi connectivity index (χ4n) is 2.90. The highest BCUT2D eigenvalue weighted by molar-refractivity contribution is 5.16. The maximum absolute atomic E-state index is 5.72. The molecule has 0 saturated heterocycles. The van der Waals surface area contributed by atoms with Gasteiger partial charge >= 0.3 is 0 Å². The van der Waals surface area contributed by atoms with Crippen molar-refractivity contribution in [1.29, 1.82) is 0 Å². The number of ether oxygens (including phenoxy) is 1. The van der Waals surface area contributed by atoms with E-state index in [1.165, 1.54) is 0 Å². The molecule has 1 aliphatic rings. The van der Waals surface area contributed by atoms with Crippen LogP contribution in [-0.2, 0) is 4.74 Å². The van der Waals surface area contributed by atoms with Crippen molar-refractivity contribution in [2.45, 2.75) is 53.7 Å². The zero-order valence-electron chi connectivity index (χ0n) is 11.3. The molecule has 1 N–H and O–H groups in total. The van der Waals surface area contributed by atoms with Crippen molar-refractivity contribution in [2.75, 3.05) is 13.7 Å². The van der Waals surface area contributed by atoms with Crippen LogP contribution in [0.1, 0.15) is 41.5 Å². The molecule has 1 saturated carbocycles. The molecule has 2 nitrogen and oxygen atoms in total. The Morgan fingerprint density at radius 3 is 1.87 bits per heavy atom. The van der Waals surface area contributed by atoms with Gasteiger partial charge in [0.15, 0.2) is 0 Å². The normalized spacial score (nSPS) is 25.6. The Morgan fingerprint density at radius 1 is 1.13 bits per heavy atom. The van der Waals surface area contributed by atoms with E-state index in [0.29, 0.717) is 28.9 Å². The van der Waals surface area contributed by atoms with Crippen LogP contribution in [0.4, 0.5) is 0 Å². The molecule has 0 amide bonds. The second-order valence-corrected chi connectivity index (χ2v) is 6.20. The van der Waals surface area contributed by atoms with E-state index in [2.05, 4.69) is 46.9 Å². The SMILES string of the molecule is CNC(COC(C)C)C1C(C)(C)C1(C)C. The van der Waals surface area contributed by atoms with Gasteiger partial charge in [0.05, 0.1) is 12.7 Å². The molecule has 90 valence electrons. The van der Waals surface area contributed by atoms with Gasteiger partial charge in [-0.3, -0.25) is 0 Å². The number of rotatable bonds is 5. The fourth-order valence-corrected chi connectivity index (χ4v) is 2.90. The van der Waals surface area contributed by atoms with Crippen molar-refractivity contribution in [2.24, 2.45) is 16.7 Å². The van der Waals surface area contributed by atoms with Crippen LogP contribution in [0.15, 0.2) is 0 Å². The van der Waals surface area contributed by atoms with E-state index in [1.54, 1.807) is 0 Å². The molecule has 1 aliphatic carbocycles. The van der Waals surface area contributed by atoms with Crippen LogP contribution in [0.3, 0.4) is 0 Å². The first-order valence-electron chi connectivity index (χ1n) is 6.04. The van der Waals surface area contributed by atoms with Crippen LogP contribution in [0.2, 0.25) is 0 Å². The van der Waals surface area contributed by atoms with Gasteiger partial charge in [-0.1, -0.05) is 27.7 Å². The molecule has 1 fully saturated rings. The van der Waals surface area contributed by atoms with E-state index in [9.17, 15) is 0 Å². The molecule has 1 unspecified atom stereocenters. The summed E-state index contributed by atoms with van der Waals surface area (Å²) < 4.78 is 5.72.